The van der Waals surface area contributed by atoms with Gasteiger partial charge in [0, 0.05) is 30.4 Å². The molecule has 8 heteroatoms. The van der Waals surface area contributed by atoms with E-state index in [1.807, 2.05) is 28.8 Å². The lowest BCUT2D eigenvalue weighted by Crippen LogP contribution is -2.52. The molecule has 2 aromatic heterocycles. The van der Waals surface area contributed by atoms with Crippen molar-refractivity contribution in [3.05, 3.63) is 57.4 Å². The van der Waals surface area contributed by atoms with Gasteiger partial charge in [0.05, 0.1) is 11.0 Å². The summed E-state index contributed by atoms with van der Waals surface area (Å²) >= 11 is 0. The monoisotopic (exact) mass is 500 g/mol. The molecule has 2 saturated carbocycles. The lowest BCUT2D eigenvalue weighted by Gasteiger charge is -2.48. The van der Waals surface area contributed by atoms with Gasteiger partial charge in [-0.25, -0.2) is 14.3 Å². The van der Waals surface area contributed by atoms with Gasteiger partial charge in [0.25, 0.3) is 5.56 Å². The van der Waals surface area contributed by atoms with Crippen LogP contribution >= 0.6 is 0 Å². The van der Waals surface area contributed by atoms with E-state index in [4.69, 9.17) is 5.73 Å². The second-order valence-electron chi connectivity index (χ2n) is 11.9. The third kappa shape index (κ3) is 4.00. The number of para-hydroxylation sites is 2. The van der Waals surface area contributed by atoms with Crippen LogP contribution < -0.4 is 17.0 Å². The molecule has 3 aromatic rings. The molecule has 1 aromatic carbocycles. The van der Waals surface area contributed by atoms with Crippen molar-refractivity contribution in [1.82, 2.24) is 24.0 Å². The summed E-state index contributed by atoms with van der Waals surface area (Å²) in [7, 11) is 0. The van der Waals surface area contributed by atoms with Crippen molar-refractivity contribution >= 4 is 16.9 Å². The van der Waals surface area contributed by atoms with Crippen LogP contribution in [0.5, 0.6) is 0 Å². The van der Waals surface area contributed by atoms with E-state index in [9.17, 15) is 9.59 Å². The van der Waals surface area contributed by atoms with Crippen molar-refractivity contribution < 1.29 is 0 Å². The Morgan fingerprint density at radius 1 is 0.757 bits per heavy atom. The van der Waals surface area contributed by atoms with Crippen molar-refractivity contribution in [1.29, 1.82) is 0 Å². The number of benzene rings is 1. The molecule has 0 amide bonds. The highest BCUT2D eigenvalue weighted by Gasteiger charge is 2.47. The van der Waals surface area contributed by atoms with E-state index in [1.165, 1.54) is 74.6 Å². The number of rotatable bonds is 3. The normalized spacial score (nSPS) is 31.9. The van der Waals surface area contributed by atoms with Crippen molar-refractivity contribution in [2.45, 2.75) is 94.8 Å². The molecule has 4 heterocycles. The molecule has 8 nitrogen and oxygen atoms in total. The van der Waals surface area contributed by atoms with Crippen LogP contribution in [0.3, 0.4) is 0 Å². The van der Waals surface area contributed by atoms with Crippen LogP contribution in [-0.4, -0.2) is 42.1 Å². The molecule has 2 N–H and O–H groups in total. The zero-order valence-electron chi connectivity index (χ0n) is 21.3. The van der Waals surface area contributed by atoms with E-state index >= 15 is 0 Å². The van der Waals surface area contributed by atoms with Crippen LogP contribution in [-0.2, 0) is 0 Å². The summed E-state index contributed by atoms with van der Waals surface area (Å²) in [5, 5.41) is 0. The Morgan fingerprint density at radius 2 is 1.46 bits per heavy atom. The Balaban J connectivity index is 1.25. The molecule has 2 aliphatic carbocycles. The minimum Gasteiger partial charge on any atom is -0.383 e. The second-order valence-corrected chi connectivity index (χ2v) is 11.9. The van der Waals surface area contributed by atoms with E-state index in [2.05, 4.69) is 14.9 Å². The van der Waals surface area contributed by atoms with Crippen molar-refractivity contribution in [2.24, 2.45) is 11.8 Å². The first-order chi connectivity index (χ1) is 18.0. The highest BCUT2D eigenvalue weighted by Crippen LogP contribution is 2.47. The van der Waals surface area contributed by atoms with Crippen LogP contribution in [0.4, 0.5) is 5.82 Å². The molecule has 194 valence electrons. The third-order valence-corrected chi connectivity index (χ3v) is 9.73. The van der Waals surface area contributed by atoms with Gasteiger partial charge in [-0.2, -0.15) is 4.98 Å². The van der Waals surface area contributed by atoms with E-state index in [0.717, 1.165) is 30.2 Å². The Hall–Kier alpha value is -3.00. The molecule has 4 fully saturated rings. The SMILES string of the molecule is Nc1ccn(-c2nc3ccccc3n(C3C[C@H]4CC[C@@H](C3)N4C3C[C@H]4CCCC[C@@H](C3)C4)c2=O)c(=O)n1. The quantitative estimate of drug-likeness (QED) is 0.583. The van der Waals surface area contributed by atoms with Crippen LogP contribution in [0.15, 0.2) is 46.1 Å². The number of hydrogen-bond acceptors (Lipinski definition) is 6. The van der Waals surface area contributed by atoms with Gasteiger partial charge in [0.15, 0.2) is 0 Å². The average Bonchev–Trinajstić information content (AvgIpc) is 3.04. The van der Waals surface area contributed by atoms with Crippen LogP contribution in [0.2, 0.25) is 0 Å². The van der Waals surface area contributed by atoms with E-state index in [1.54, 1.807) is 0 Å². The van der Waals surface area contributed by atoms with Crippen molar-refractivity contribution in [3.63, 3.8) is 0 Å². The van der Waals surface area contributed by atoms with Gasteiger partial charge in [-0.3, -0.25) is 9.69 Å². The van der Waals surface area contributed by atoms with Gasteiger partial charge in [-0.05, 0) is 75.0 Å². The maximum Gasteiger partial charge on any atom is 0.355 e. The smallest absolute Gasteiger partial charge is 0.355 e. The summed E-state index contributed by atoms with van der Waals surface area (Å²) in [5.74, 6) is 2.05. The lowest BCUT2D eigenvalue weighted by molar-refractivity contribution is 0.0204. The highest BCUT2D eigenvalue weighted by molar-refractivity contribution is 5.75. The predicted molar refractivity (Wildman–Crippen MR) is 144 cm³/mol. The summed E-state index contributed by atoms with van der Waals surface area (Å²) < 4.78 is 3.17. The molecular weight excluding hydrogens is 464 g/mol. The van der Waals surface area contributed by atoms with Crippen LogP contribution in [0.1, 0.15) is 76.7 Å². The zero-order valence-corrected chi connectivity index (χ0v) is 21.3. The standard InChI is InChI=1S/C29H36N6O2/c30-26-11-12-33(29(37)32-26)27-28(36)35(25-8-4-3-7-24(25)31-27)23-16-20-9-10-21(17-23)34(20)22-14-18-5-1-2-6-19(13-18)15-22/h3-4,7-8,11-12,18-23H,1-2,5-6,9-10,13-17H2,(H2,30,32,37)/t18-,19+,20-,21+,22?,23?. The fourth-order valence-electron chi connectivity index (χ4n) is 8.34. The Labute approximate surface area is 216 Å². The van der Waals surface area contributed by atoms with Crippen LogP contribution in [0.25, 0.3) is 16.9 Å². The first-order valence-corrected chi connectivity index (χ1v) is 14.2. The number of nitrogens with two attached hydrogens (primary N) is 1. The minimum absolute atomic E-state index is 0.0937. The fraction of sp³-hybridized carbons (Fsp3) is 0.586. The van der Waals surface area contributed by atoms with Gasteiger partial charge >= 0.3 is 5.69 Å². The number of anilines is 1. The summed E-state index contributed by atoms with van der Waals surface area (Å²) in [6, 6.07) is 11.2. The number of nitrogens with zero attached hydrogens (tertiary/aromatic N) is 5. The Kier molecular flexibility index (Phi) is 5.68. The predicted octanol–water partition coefficient (Wildman–Crippen LogP) is 4.05. The molecule has 37 heavy (non-hydrogen) atoms. The van der Waals surface area contributed by atoms with Gasteiger partial charge in [0.1, 0.15) is 5.82 Å². The number of nitrogen functional groups attached to an aromatic ring is 1. The molecule has 2 saturated heterocycles. The first kappa shape index (κ1) is 23.1. The number of aromatic nitrogens is 4. The number of piperidine rings is 1. The Morgan fingerprint density at radius 3 is 2.16 bits per heavy atom. The maximum atomic E-state index is 14.0. The molecule has 2 aliphatic heterocycles. The van der Waals surface area contributed by atoms with Crippen molar-refractivity contribution in [2.75, 3.05) is 5.73 Å². The summed E-state index contributed by atoms with van der Waals surface area (Å²) in [6.07, 6.45) is 15.7. The first-order valence-electron chi connectivity index (χ1n) is 14.2. The average molecular weight is 501 g/mol. The molecule has 0 spiro atoms. The highest BCUT2D eigenvalue weighted by atomic mass is 16.2. The third-order valence-electron chi connectivity index (χ3n) is 9.73. The van der Waals surface area contributed by atoms with Gasteiger partial charge in [0.2, 0.25) is 5.82 Å². The molecule has 4 bridgehead atoms. The molecular formula is C29H36N6O2. The van der Waals surface area contributed by atoms with E-state index < -0.39 is 5.69 Å². The van der Waals surface area contributed by atoms with E-state index in [-0.39, 0.29) is 23.2 Å². The lowest BCUT2D eigenvalue weighted by atomic mass is 9.76. The topological polar surface area (TPSA) is 99.0 Å². The van der Waals surface area contributed by atoms with Crippen LogP contribution in [0, 0.1) is 11.8 Å². The summed E-state index contributed by atoms with van der Waals surface area (Å²) in [4.78, 5) is 37.9. The molecule has 2 unspecified atom stereocenters. The number of fused-ring (bicyclic) bond motifs is 5. The number of hydrogen-bond donors (Lipinski definition) is 1. The largest absolute Gasteiger partial charge is 0.383 e. The summed E-state index contributed by atoms with van der Waals surface area (Å²) in [6.45, 7) is 0. The minimum atomic E-state index is -0.583. The fourth-order valence-corrected chi connectivity index (χ4v) is 8.34. The Bertz CT molecular complexity index is 1420. The molecule has 7 rings (SSSR count). The second kappa shape index (κ2) is 9.08. The van der Waals surface area contributed by atoms with E-state index in [0.29, 0.717) is 23.6 Å². The van der Waals surface area contributed by atoms with Gasteiger partial charge in [-0.1, -0.05) is 37.8 Å². The van der Waals surface area contributed by atoms with Gasteiger partial charge in [-0.15, -0.1) is 0 Å². The molecule has 0 radical (unpaired) electrons. The zero-order chi connectivity index (χ0) is 25.1. The summed E-state index contributed by atoms with van der Waals surface area (Å²) in [5.41, 5.74) is 6.44. The maximum absolute atomic E-state index is 14.0. The van der Waals surface area contributed by atoms with Crippen molar-refractivity contribution in [3.8, 4) is 5.82 Å². The van der Waals surface area contributed by atoms with Gasteiger partial charge < -0.3 is 10.3 Å². The molecule has 4 aliphatic rings. The molecule has 6 atom stereocenters.